The van der Waals surface area contributed by atoms with Gasteiger partial charge in [-0.3, -0.25) is 14.5 Å². The Morgan fingerprint density at radius 2 is 1.94 bits per heavy atom. The van der Waals surface area contributed by atoms with Crippen molar-refractivity contribution in [2.24, 2.45) is 12.8 Å². The van der Waals surface area contributed by atoms with Crippen LogP contribution < -0.4 is 21.1 Å². The van der Waals surface area contributed by atoms with E-state index in [0.717, 1.165) is 5.69 Å². The summed E-state index contributed by atoms with van der Waals surface area (Å²) in [6.45, 7) is 0. The molecule has 156 valence electrons. The van der Waals surface area contributed by atoms with E-state index in [9.17, 15) is 4.79 Å². The normalized spacial score (nSPS) is 10.5. The second-order valence-corrected chi connectivity index (χ2v) is 6.43. The smallest absolute Gasteiger partial charge is 0.254 e. The van der Waals surface area contributed by atoms with Crippen molar-refractivity contribution in [3.05, 3.63) is 60.8 Å². The molecule has 11 nitrogen and oxygen atoms in total. The Hall–Kier alpha value is -4.54. The molecule has 0 radical (unpaired) electrons. The standard InChI is InChI=1S/C20H19N9O2/c1-29-11-24-18(28-29)13-4-3-5-15(16(13)31-2)26-19-14(17(21)30)10-23-20(27-19)25-12-6-8-22-9-7-12/h3-11H,1-2H3,(H2,21,30)(H2,22,23,25,26,27). The van der Waals surface area contributed by atoms with Crippen LogP contribution in [0.2, 0.25) is 0 Å². The Kier molecular flexibility index (Phi) is 5.39. The maximum Gasteiger partial charge on any atom is 0.254 e. The van der Waals surface area contributed by atoms with E-state index in [-0.39, 0.29) is 17.3 Å². The molecule has 0 saturated carbocycles. The SMILES string of the molecule is COc1c(Nc2nc(Nc3ccncc3)ncc2C(N)=O)cccc1-c1ncn(C)n1. The molecule has 3 aromatic heterocycles. The number of aryl methyl sites for hydroxylation is 1. The summed E-state index contributed by atoms with van der Waals surface area (Å²) >= 11 is 0. The molecule has 4 N–H and O–H groups in total. The fourth-order valence-electron chi connectivity index (χ4n) is 2.90. The highest BCUT2D eigenvalue weighted by Gasteiger charge is 2.18. The molecular weight excluding hydrogens is 398 g/mol. The Morgan fingerprint density at radius 3 is 2.61 bits per heavy atom. The lowest BCUT2D eigenvalue weighted by Gasteiger charge is -2.15. The van der Waals surface area contributed by atoms with Gasteiger partial charge < -0.3 is 21.1 Å². The monoisotopic (exact) mass is 417 g/mol. The van der Waals surface area contributed by atoms with E-state index in [4.69, 9.17) is 10.5 Å². The van der Waals surface area contributed by atoms with Crippen molar-refractivity contribution in [1.29, 1.82) is 0 Å². The molecule has 31 heavy (non-hydrogen) atoms. The highest BCUT2D eigenvalue weighted by atomic mass is 16.5. The van der Waals surface area contributed by atoms with Crippen LogP contribution in [0.25, 0.3) is 11.4 Å². The number of amides is 1. The average molecular weight is 417 g/mol. The first-order valence-electron chi connectivity index (χ1n) is 9.19. The zero-order chi connectivity index (χ0) is 21.8. The van der Waals surface area contributed by atoms with Gasteiger partial charge >= 0.3 is 0 Å². The maximum atomic E-state index is 11.9. The van der Waals surface area contributed by atoms with E-state index in [1.54, 1.807) is 55.8 Å². The van der Waals surface area contributed by atoms with Crippen LogP contribution in [-0.2, 0) is 7.05 Å². The zero-order valence-electron chi connectivity index (χ0n) is 16.8. The number of benzene rings is 1. The molecule has 0 aliphatic heterocycles. The van der Waals surface area contributed by atoms with Gasteiger partial charge in [0.2, 0.25) is 5.95 Å². The van der Waals surface area contributed by atoms with Crippen LogP contribution >= 0.6 is 0 Å². The van der Waals surface area contributed by atoms with Gasteiger partial charge in [-0.15, -0.1) is 0 Å². The van der Waals surface area contributed by atoms with E-state index in [0.29, 0.717) is 22.8 Å². The Bertz CT molecular complexity index is 1220. The molecule has 0 bridgehead atoms. The third kappa shape index (κ3) is 4.24. The predicted octanol–water partition coefficient (Wildman–Crippen LogP) is 2.26. The lowest BCUT2D eigenvalue weighted by Crippen LogP contribution is -2.16. The van der Waals surface area contributed by atoms with Crippen molar-refractivity contribution in [3.8, 4) is 17.1 Å². The maximum absolute atomic E-state index is 11.9. The van der Waals surface area contributed by atoms with Crippen LogP contribution in [0.1, 0.15) is 10.4 Å². The molecule has 0 atom stereocenters. The number of aromatic nitrogens is 6. The number of primary amides is 1. The van der Waals surface area contributed by atoms with E-state index in [2.05, 4.69) is 35.7 Å². The number of anilines is 4. The minimum atomic E-state index is -0.667. The van der Waals surface area contributed by atoms with Crippen LogP contribution in [0, 0.1) is 0 Å². The Labute approximate surface area is 177 Å². The van der Waals surface area contributed by atoms with Gasteiger partial charge in [0.05, 0.1) is 18.4 Å². The third-order valence-electron chi connectivity index (χ3n) is 4.30. The van der Waals surface area contributed by atoms with Crippen LogP contribution in [-0.4, -0.2) is 42.7 Å². The van der Waals surface area contributed by atoms with Gasteiger partial charge in [0.25, 0.3) is 5.91 Å². The molecule has 0 fully saturated rings. The number of para-hydroxylation sites is 1. The number of nitrogens with two attached hydrogens (primary N) is 1. The van der Waals surface area contributed by atoms with Gasteiger partial charge in [-0.1, -0.05) is 6.07 Å². The van der Waals surface area contributed by atoms with Crippen LogP contribution in [0.5, 0.6) is 5.75 Å². The molecule has 0 saturated heterocycles. The lowest BCUT2D eigenvalue weighted by molar-refractivity contribution is 0.100. The summed E-state index contributed by atoms with van der Waals surface area (Å²) < 4.78 is 7.20. The summed E-state index contributed by atoms with van der Waals surface area (Å²) in [4.78, 5) is 28.8. The molecule has 0 spiro atoms. The van der Waals surface area contributed by atoms with Gasteiger partial charge in [-0.25, -0.2) is 9.97 Å². The van der Waals surface area contributed by atoms with Gasteiger partial charge in [-0.2, -0.15) is 10.1 Å². The summed E-state index contributed by atoms with van der Waals surface area (Å²) in [5.74, 6) is 0.829. The van der Waals surface area contributed by atoms with Crippen molar-refractivity contribution in [3.63, 3.8) is 0 Å². The first kappa shape index (κ1) is 19.8. The number of rotatable bonds is 7. The van der Waals surface area contributed by atoms with Crippen LogP contribution in [0.15, 0.2) is 55.2 Å². The lowest BCUT2D eigenvalue weighted by atomic mass is 10.1. The third-order valence-corrected chi connectivity index (χ3v) is 4.30. The van der Waals surface area contributed by atoms with E-state index >= 15 is 0 Å². The van der Waals surface area contributed by atoms with Gasteiger partial charge in [0.15, 0.2) is 11.6 Å². The Balaban J connectivity index is 1.72. The topological polar surface area (TPSA) is 146 Å². The highest BCUT2D eigenvalue weighted by molar-refractivity contribution is 5.98. The molecule has 0 unspecified atom stereocenters. The number of hydrogen-bond acceptors (Lipinski definition) is 9. The summed E-state index contributed by atoms with van der Waals surface area (Å²) in [6, 6.07) is 8.98. The second kappa shape index (κ2) is 8.45. The van der Waals surface area contributed by atoms with E-state index < -0.39 is 5.91 Å². The largest absolute Gasteiger partial charge is 0.494 e. The Morgan fingerprint density at radius 1 is 1.13 bits per heavy atom. The molecule has 11 heteroatoms. The minimum Gasteiger partial charge on any atom is -0.494 e. The number of carbonyl (C=O) groups excluding carboxylic acids is 1. The van der Waals surface area contributed by atoms with Crippen molar-refractivity contribution >= 4 is 29.0 Å². The molecule has 1 aromatic carbocycles. The molecular formula is C20H19N9O2. The first-order valence-corrected chi connectivity index (χ1v) is 9.19. The number of hydrogen-bond donors (Lipinski definition) is 3. The van der Waals surface area contributed by atoms with Gasteiger partial charge in [0.1, 0.15) is 17.7 Å². The molecule has 4 rings (SSSR count). The summed E-state index contributed by atoms with van der Waals surface area (Å²) in [5.41, 5.74) is 7.63. The van der Waals surface area contributed by atoms with E-state index in [1.165, 1.54) is 6.20 Å². The molecule has 0 aliphatic carbocycles. The fourth-order valence-corrected chi connectivity index (χ4v) is 2.90. The van der Waals surface area contributed by atoms with Gasteiger partial charge in [-0.05, 0) is 24.3 Å². The van der Waals surface area contributed by atoms with Crippen LogP contribution in [0.4, 0.5) is 23.1 Å². The number of ether oxygens (including phenoxy) is 1. The summed E-state index contributed by atoms with van der Waals surface area (Å²) in [7, 11) is 3.32. The van der Waals surface area contributed by atoms with Crippen molar-refractivity contribution in [2.45, 2.75) is 0 Å². The number of methoxy groups -OCH3 is 1. The second-order valence-electron chi connectivity index (χ2n) is 6.43. The number of pyridine rings is 1. The van der Waals surface area contributed by atoms with Crippen molar-refractivity contribution < 1.29 is 9.53 Å². The molecule has 0 aliphatic rings. The summed E-state index contributed by atoms with van der Waals surface area (Å²) in [6.07, 6.45) is 6.24. The van der Waals surface area contributed by atoms with Crippen molar-refractivity contribution in [1.82, 2.24) is 29.7 Å². The van der Waals surface area contributed by atoms with E-state index in [1.807, 2.05) is 12.1 Å². The van der Waals surface area contributed by atoms with Gasteiger partial charge in [0, 0.05) is 31.3 Å². The fraction of sp³-hybridized carbons (Fsp3) is 0.100. The highest BCUT2D eigenvalue weighted by Crippen LogP contribution is 2.36. The zero-order valence-corrected chi connectivity index (χ0v) is 16.8. The quantitative estimate of drug-likeness (QED) is 0.412. The summed E-state index contributed by atoms with van der Waals surface area (Å²) in [5, 5.41) is 10.5. The average Bonchev–Trinajstić information content (AvgIpc) is 3.20. The van der Waals surface area contributed by atoms with Crippen molar-refractivity contribution in [2.75, 3.05) is 17.7 Å². The molecule has 3 heterocycles. The first-order chi connectivity index (χ1) is 15.0. The molecule has 1 amide bonds. The minimum absolute atomic E-state index is 0.128. The number of carbonyl (C=O) groups is 1. The predicted molar refractivity (Wildman–Crippen MR) is 114 cm³/mol. The molecule has 4 aromatic rings. The number of nitrogens with one attached hydrogen (secondary N) is 2. The van der Waals surface area contributed by atoms with Crippen LogP contribution in [0.3, 0.4) is 0 Å². The number of nitrogens with zero attached hydrogens (tertiary/aromatic N) is 6.